The van der Waals surface area contributed by atoms with Crippen molar-refractivity contribution in [2.75, 3.05) is 13.1 Å². The molecular formula is C20H32N4O2. The van der Waals surface area contributed by atoms with Crippen molar-refractivity contribution >= 4 is 5.91 Å². The molecule has 1 amide bonds. The highest BCUT2D eigenvalue weighted by molar-refractivity contribution is 5.92. The Kier molecular flexibility index (Phi) is 6.83. The van der Waals surface area contributed by atoms with Crippen LogP contribution in [0.4, 0.5) is 0 Å². The fourth-order valence-corrected chi connectivity index (χ4v) is 4.16. The van der Waals surface area contributed by atoms with Crippen molar-refractivity contribution < 1.29 is 4.79 Å². The minimum absolute atomic E-state index is 0.143. The van der Waals surface area contributed by atoms with Gasteiger partial charge in [-0.15, -0.1) is 0 Å². The Morgan fingerprint density at radius 3 is 2.69 bits per heavy atom. The first-order chi connectivity index (χ1) is 12.7. The standard InChI is InChI=1S/C20H32N4O2/c1-2-3-13-24-19(25)11-10-18(22-24)20(26)21-16-12-14-23(15-16)17-8-6-4-5-7-9-17/h10-11,16-17H,2-9,12-15H2,1H3,(H,21,26). The molecule has 2 aliphatic rings. The van der Waals surface area contributed by atoms with Crippen molar-refractivity contribution in [1.82, 2.24) is 20.0 Å². The topological polar surface area (TPSA) is 67.2 Å². The fraction of sp³-hybridized carbons (Fsp3) is 0.750. The third kappa shape index (κ3) is 4.93. The molecule has 0 radical (unpaired) electrons. The van der Waals surface area contributed by atoms with Crippen LogP contribution in [0, 0.1) is 0 Å². The maximum Gasteiger partial charge on any atom is 0.271 e. The first kappa shape index (κ1) is 19.1. The van der Waals surface area contributed by atoms with Gasteiger partial charge in [-0.3, -0.25) is 14.5 Å². The monoisotopic (exact) mass is 360 g/mol. The van der Waals surface area contributed by atoms with Crippen LogP contribution in [0.1, 0.15) is 75.2 Å². The van der Waals surface area contributed by atoms with Crippen LogP contribution in [0.2, 0.25) is 0 Å². The highest BCUT2D eigenvalue weighted by Gasteiger charge is 2.29. The van der Waals surface area contributed by atoms with Crippen LogP contribution >= 0.6 is 0 Å². The predicted molar refractivity (Wildman–Crippen MR) is 102 cm³/mol. The van der Waals surface area contributed by atoms with Crippen LogP contribution < -0.4 is 10.9 Å². The molecule has 0 spiro atoms. The lowest BCUT2D eigenvalue weighted by atomic mass is 10.1. The molecule has 26 heavy (non-hydrogen) atoms. The van der Waals surface area contributed by atoms with Gasteiger partial charge < -0.3 is 5.32 Å². The number of amides is 1. The minimum Gasteiger partial charge on any atom is -0.347 e. The van der Waals surface area contributed by atoms with Gasteiger partial charge in [0.2, 0.25) is 0 Å². The lowest BCUT2D eigenvalue weighted by molar-refractivity contribution is 0.0928. The number of hydrogen-bond acceptors (Lipinski definition) is 4. The number of unbranched alkanes of at least 4 members (excludes halogenated alkanes) is 1. The van der Waals surface area contributed by atoms with Gasteiger partial charge in [-0.2, -0.15) is 5.10 Å². The summed E-state index contributed by atoms with van der Waals surface area (Å²) in [6.07, 6.45) is 10.9. The number of carbonyl (C=O) groups is 1. The molecule has 2 fully saturated rings. The molecule has 1 saturated carbocycles. The predicted octanol–water partition coefficient (Wildman–Crippen LogP) is 2.57. The van der Waals surface area contributed by atoms with E-state index in [-0.39, 0.29) is 17.5 Å². The molecule has 6 heteroatoms. The number of likely N-dealkylation sites (tertiary alicyclic amines) is 1. The number of carbonyl (C=O) groups excluding carboxylic acids is 1. The van der Waals surface area contributed by atoms with Crippen molar-refractivity contribution in [1.29, 1.82) is 0 Å². The maximum absolute atomic E-state index is 12.6. The van der Waals surface area contributed by atoms with Crippen molar-refractivity contribution in [3.63, 3.8) is 0 Å². The Hall–Kier alpha value is -1.69. The average Bonchev–Trinajstić information content (AvgIpc) is 2.93. The van der Waals surface area contributed by atoms with Crippen LogP contribution in [0.25, 0.3) is 0 Å². The number of nitrogens with one attached hydrogen (secondary N) is 1. The second kappa shape index (κ2) is 9.31. The Morgan fingerprint density at radius 2 is 1.96 bits per heavy atom. The third-order valence-corrected chi connectivity index (χ3v) is 5.72. The molecule has 1 atom stereocenters. The van der Waals surface area contributed by atoms with Crippen molar-refractivity contribution in [2.24, 2.45) is 0 Å². The molecule has 2 heterocycles. The minimum atomic E-state index is -0.164. The van der Waals surface area contributed by atoms with Crippen LogP contribution in [0.5, 0.6) is 0 Å². The Balaban J connectivity index is 1.56. The van der Waals surface area contributed by atoms with Crippen molar-refractivity contribution in [3.8, 4) is 0 Å². The molecule has 1 aromatic rings. The van der Waals surface area contributed by atoms with E-state index in [1.165, 1.54) is 55.3 Å². The van der Waals surface area contributed by atoms with E-state index in [2.05, 4.69) is 22.2 Å². The third-order valence-electron chi connectivity index (χ3n) is 5.72. The Morgan fingerprint density at radius 1 is 1.19 bits per heavy atom. The number of aromatic nitrogens is 2. The van der Waals surface area contributed by atoms with Gasteiger partial charge in [0.05, 0.1) is 0 Å². The highest BCUT2D eigenvalue weighted by Crippen LogP contribution is 2.25. The van der Waals surface area contributed by atoms with E-state index in [4.69, 9.17) is 0 Å². The van der Waals surface area contributed by atoms with Crippen molar-refractivity contribution in [2.45, 2.75) is 83.3 Å². The molecule has 1 aliphatic carbocycles. The molecule has 1 N–H and O–H groups in total. The SMILES string of the molecule is CCCCn1nc(C(=O)NC2CCN(C3CCCCCC3)C2)ccc1=O. The van der Waals surface area contributed by atoms with E-state index in [1.54, 1.807) is 0 Å². The lowest BCUT2D eigenvalue weighted by Crippen LogP contribution is -2.40. The normalized spacial score (nSPS) is 22.3. The van der Waals surface area contributed by atoms with Gasteiger partial charge in [0.1, 0.15) is 5.69 Å². The molecule has 6 nitrogen and oxygen atoms in total. The lowest BCUT2D eigenvalue weighted by Gasteiger charge is -2.26. The summed E-state index contributed by atoms with van der Waals surface area (Å²) in [5, 5.41) is 7.38. The summed E-state index contributed by atoms with van der Waals surface area (Å²) in [5.74, 6) is -0.164. The molecule has 0 bridgehead atoms. The van der Waals surface area contributed by atoms with Crippen LogP contribution in [0.15, 0.2) is 16.9 Å². The Bertz CT molecular complexity index is 649. The zero-order valence-corrected chi connectivity index (χ0v) is 16.0. The molecule has 144 valence electrons. The summed E-state index contributed by atoms with van der Waals surface area (Å²) in [6, 6.07) is 3.86. The van der Waals surface area contributed by atoms with Gasteiger partial charge in [-0.1, -0.05) is 39.0 Å². The quantitative estimate of drug-likeness (QED) is 0.792. The molecule has 1 unspecified atom stereocenters. The van der Waals surface area contributed by atoms with E-state index in [1.807, 2.05) is 0 Å². The molecule has 1 aromatic heterocycles. The van der Waals surface area contributed by atoms with Gasteiger partial charge in [-0.05, 0) is 31.7 Å². The van der Waals surface area contributed by atoms with Crippen molar-refractivity contribution in [3.05, 3.63) is 28.2 Å². The van der Waals surface area contributed by atoms with Gasteiger partial charge in [0, 0.05) is 37.8 Å². The average molecular weight is 361 g/mol. The number of rotatable bonds is 6. The summed E-state index contributed by atoms with van der Waals surface area (Å²) in [5.41, 5.74) is 0.198. The first-order valence-electron chi connectivity index (χ1n) is 10.3. The van der Waals surface area contributed by atoms with Gasteiger partial charge in [-0.25, -0.2) is 4.68 Å². The van der Waals surface area contributed by atoms with Crippen LogP contribution in [-0.4, -0.2) is 45.8 Å². The number of hydrogen-bond donors (Lipinski definition) is 1. The zero-order valence-electron chi connectivity index (χ0n) is 16.0. The Labute approximate surface area is 156 Å². The maximum atomic E-state index is 12.6. The highest BCUT2D eigenvalue weighted by atomic mass is 16.2. The molecular weight excluding hydrogens is 328 g/mol. The van der Waals surface area contributed by atoms with E-state index >= 15 is 0 Å². The molecule has 1 saturated heterocycles. The van der Waals surface area contributed by atoms with Gasteiger partial charge in [0.15, 0.2) is 0 Å². The number of aryl methyl sites for hydroxylation is 1. The fourth-order valence-electron chi connectivity index (χ4n) is 4.16. The second-order valence-corrected chi connectivity index (χ2v) is 7.73. The van der Waals surface area contributed by atoms with Crippen LogP contribution in [-0.2, 0) is 6.54 Å². The molecule has 1 aliphatic heterocycles. The summed E-state index contributed by atoms with van der Waals surface area (Å²) in [6.45, 7) is 4.64. The van der Waals surface area contributed by atoms with Gasteiger partial charge >= 0.3 is 0 Å². The van der Waals surface area contributed by atoms with E-state index in [9.17, 15) is 9.59 Å². The largest absolute Gasteiger partial charge is 0.347 e. The van der Waals surface area contributed by atoms with E-state index < -0.39 is 0 Å². The number of nitrogens with zero attached hydrogens (tertiary/aromatic N) is 3. The van der Waals surface area contributed by atoms with Crippen LogP contribution in [0.3, 0.4) is 0 Å². The summed E-state index contributed by atoms with van der Waals surface area (Å²) >= 11 is 0. The summed E-state index contributed by atoms with van der Waals surface area (Å²) in [4.78, 5) is 27.0. The molecule has 3 rings (SSSR count). The second-order valence-electron chi connectivity index (χ2n) is 7.73. The van der Waals surface area contributed by atoms with Gasteiger partial charge in [0.25, 0.3) is 11.5 Å². The van der Waals surface area contributed by atoms with E-state index in [0.29, 0.717) is 18.3 Å². The van der Waals surface area contributed by atoms with E-state index in [0.717, 1.165) is 32.4 Å². The molecule has 0 aromatic carbocycles. The smallest absolute Gasteiger partial charge is 0.271 e. The zero-order chi connectivity index (χ0) is 18.4. The first-order valence-corrected chi connectivity index (χ1v) is 10.3. The summed E-state index contributed by atoms with van der Waals surface area (Å²) in [7, 11) is 0. The summed E-state index contributed by atoms with van der Waals surface area (Å²) < 4.78 is 1.41.